The number of nitrogens with one attached hydrogen (secondary N) is 1. The monoisotopic (exact) mass is 455 g/mol. The molecule has 12 heteroatoms. The number of rotatable bonds is 5. The fourth-order valence-electron chi connectivity index (χ4n) is 3.89. The molecule has 1 aromatic carbocycles. The number of carbonyl (C=O) groups excluding carboxylic acids is 2. The van der Waals surface area contributed by atoms with Gasteiger partial charge >= 0.3 is 12.3 Å². The van der Waals surface area contributed by atoms with Gasteiger partial charge in [-0.1, -0.05) is 0 Å². The highest BCUT2D eigenvalue weighted by Gasteiger charge is 2.36. The van der Waals surface area contributed by atoms with E-state index in [0.29, 0.717) is 30.9 Å². The maximum Gasteiger partial charge on any atom is 0.435 e. The highest BCUT2D eigenvalue weighted by atomic mass is 19.4. The molecule has 2 aliphatic heterocycles. The molecule has 0 saturated carbocycles. The predicted octanol–water partition coefficient (Wildman–Crippen LogP) is 2.95. The van der Waals surface area contributed by atoms with Crippen LogP contribution in [0.1, 0.15) is 25.1 Å². The van der Waals surface area contributed by atoms with E-state index in [0.717, 1.165) is 6.07 Å². The highest BCUT2D eigenvalue weighted by molar-refractivity contribution is 5.90. The average Bonchev–Trinajstić information content (AvgIpc) is 3.45. The molecule has 2 aliphatic rings. The summed E-state index contributed by atoms with van der Waals surface area (Å²) in [6.07, 6.45) is -3.88. The number of amides is 2. The van der Waals surface area contributed by atoms with Gasteiger partial charge in [0.2, 0.25) is 5.91 Å². The summed E-state index contributed by atoms with van der Waals surface area (Å²) < 4.78 is 59.7. The highest BCUT2D eigenvalue weighted by Crippen LogP contribution is 2.33. The number of carbonyl (C=O) groups is 2. The lowest BCUT2D eigenvalue weighted by Crippen LogP contribution is -2.33. The summed E-state index contributed by atoms with van der Waals surface area (Å²) in [5, 5.41) is 6.18. The molecule has 0 aliphatic carbocycles. The Bertz CT molecular complexity index is 1020. The van der Waals surface area contributed by atoms with Gasteiger partial charge in [-0.25, -0.2) is 9.18 Å². The number of hydrogen-bond acceptors (Lipinski definition) is 5. The summed E-state index contributed by atoms with van der Waals surface area (Å²) in [7, 11) is 0. The topological polar surface area (TPSA) is 79.7 Å². The number of halogens is 4. The van der Waals surface area contributed by atoms with Crippen LogP contribution in [0.25, 0.3) is 0 Å². The van der Waals surface area contributed by atoms with Gasteiger partial charge in [0.15, 0.2) is 5.69 Å². The number of alkyl halides is 3. The molecule has 0 bridgehead atoms. The van der Waals surface area contributed by atoms with Crippen LogP contribution in [0.4, 0.5) is 33.7 Å². The third-order valence-electron chi connectivity index (χ3n) is 5.47. The van der Waals surface area contributed by atoms with Crippen molar-refractivity contribution in [3.8, 4) is 0 Å². The van der Waals surface area contributed by atoms with E-state index in [1.807, 2.05) is 0 Å². The Morgan fingerprint density at radius 3 is 2.72 bits per heavy atom. The molecular formula is C20H21F4N5O3. The lowest BCUT2D eigenvalue weighted by Gasteiger charge is -2.21. The predicted molar refractivity (Wildman–Crippen MR) is 106 cm³/mol. The van der Waals surface area contributed by atoms with Gasteiger partial charge in [0, 0.05) is 26.2 Å². The van der Waals surface area contributed by atoms with E-state index in [-0.39, 0.29) is 25.0 Å². The second kappa shape index (κ2) is 8.32. The van der Waals surface area contributed by atoms with E-state index in [4.69, 9.17) is 4.74 Å². The average molecular weight is 455 g/mol. The first kappa shape index (κ1) is 21.9. The largest absolute Gasteiger partial charge is 0.442 e. The summed E-state index contributed by atoms with van der Waals surface area (Å²) in [6.45, 7) is 2.45. The zero-order valence-electron chi connectivity index (χ0n) is 17.1. The summed E-state index contributed by atoms with van der Waals surface area (Å²) in [5.41, 5.74) is -0.346. The standard InChI is InChI=1S/C20H21F4N5O3/c1-12(30)25-9-15-11-28(19(31)32-15)13-2-3-17(16(21)8-13)27-6-4-14(10-27)29-7-5-18(26-29)20(22,23)24/h2-3,5,7-8,14-15H,4,6,9-11H2,1H3,(H,25,30)/t14-,15-/m0/s1. The number of ether oxygens (including phenoxy) is 1. The summed E-state index contributed by atoms with van der Waals surface area (Å²) in [6, 6.07) is 4.95. The molecular weight excluding hydrogens is 434 g/mol. The van der Waals surface area contributed by atoms with Gasteiger partial charge < -0.3 is 15.0 Å². The zero-order valence-corrected chi connectivity index (χ0v) is 17.1. The van der Waals surface area contributed by atoms with Crippen molar-refractivity contribution in [3.63, 3.8) is 0 Å². The Morgan fingerprint density at radius 2 is 2.06 bits per heavy atom. The van der Waals surface area contributed by atoms with Gasteiger partial charge in [-0.15, -0.1) is 0 Å². The molecule has 172 valence electrons. The van der Waals surface area contributed by atoms with E-state index >= 15 is 0 Å². The van der Waals surface area contributed by atoms with E-state index in [1.54, 1.807) is 11.0 Å². The number of benzene rings is 1. The number of cyclic esters (lactones) is 1. The molecule has 3 heterocycles. The number of aromatic nitrogens is 2. The maximum atomic E-state index is 14.9. The van der Waals surface area contributed by atoms with Crippen LogP contribution < -0.4 is 15.1 Å². The van der Waals surface area contributed by atoms with Crippen LogP contribution in [0.5, 0.6) is 0 Å². The van der Waals surface area contributed by atoms with Crippen molar-refractivity contribution in [2.24, 2.45) is 0 Å². The molecule has 32 heavy (non-hydrogen) atoms. The van der Waals surface area contributed by atoms with E-state index in [1.165, 1.54) is 34.8 Å². The van der Waals surface area contributed by atoms with Gasteiger partial charge in [0.05, 0.1) is 30.5 Å². The van der Waals surface area contributed by atoms with Crippen LogP contribution in [-0.2, 0) is 15.7 Å². The Kier molecular flexibility index (Phi) is 5.70. The minimum atomic E-state index is -4.51. The van der Waals surface area contributed by atoms with Crippen LogP contribution in [0.2, 0.25) is 0 Å². The quantitative estimate of drug-likeness (QED) is 0.702. The Hall–Kier alpha value is -3.31. The normalized spacial score (nSPS) is 21.2. The Labute approximate surface area is 180 Å². The van der Waals surface area contributed by atoms with Crippen LogP contribution in [0.3, 0.4) is 0 Å². The first-order chi connectivity index (χ1) is 15.1. The van der Waals surface area contributed by atoms with Crippen LogP contribution in [-0.4, -0.2) is 54.1 Å². The second-order valence-corrected chi connectivity index (χ2v) is 7.76. The van der Waals surface area contributed by atoms with Gasteiger partial charge in [-0.05, 0) is 30.7 Å². The van der Waals surface area contributed by atoms with Crippen molar-refractivity contribution in [2.45, 2.75) is 31.7 Å². The molecule has 2 amide bonds. The van der Waals surface area contributed by atoms with Gasteiger partial charge in [-0.3, -0.25) is 14.4 Å². The van der Waals surface area contributed by atoms with Crippen molar-refractivity contribution in [1.29, 1.82) is 0 Å². The smallest absolute Gasteiger partial charge is 0.435 e. The van der Waals surface area contributed by atoms with Gasteiger partial charge in [-0.2, -0.15) is 18.3 Å². The number of nitrogens with zero attached hydrogens (tertiary/aromatic N) is 4. The Balaban J connectivity index is 1.42. The van der Waals surface area contributed by atoms with E-state index in [2.05, 4.69) is 10.4 Å². The summed E-state index contributed by atoms with van der Waals surface area (Å²) in [4.78, 5) is 26.2. The first-order valence-corrected chi connectivity index (χ1v) is 10.0. The minimum Gasteiger partial charge on any atom is -0.442 e. The van der Waals surface area contributed by atoms with Crippen LogP contribution in [0.15, 0.2) is 30.5 Å². The fourth-order valence-corrected chi connectivity index (χ4v) is 3.89. The van der Waals surface area contributed by atoms with Gasteiger partial charge in [0.25, 0.3) is 0 Å². The Morgan fingerprint density at radius 1 is 1.28 bits per heavy atom. The molecule has 0 unspecified atom stereocenters. The van der Waals surface area contributed by atoms with Crippen molar-refractivity contribution in [1.82, 2.24) is 15.1 Å². The second-order valence-electron chi connectivity index (χ2n) is 7.76. The molecule has 0 spiro atoms. The lowest BCUT2D eigenvalue weighted by atomic mass is 10.2. The summed E-state index contributed by atoms with van der Waals surface area (Å²) in [5.74, 6) is -0.804. The van der Waals surface area contributed by atoms with Crippen molar-refractivity contribution in [2.75, 3.05) is 36.0 Å². The molecule has 1 N–H and O–H groups in total. The molecule has 1 aromatic heterocycles. The fraction of sp³-hybridized carbons (Fsp3) is 0.450. The number of anilines is 2. The van der Waals surface area contributed by atoms with Crippen molar-refractivity contribution in [3.05, 3.63) is 42.0 Å². The van der Waals surface area contributed by atoms with Crippen molar-refractivity contribution < 1.29 is 31.9 Å². The molecule has 0 radical (unpaired) electrons. The van der Waals surface area contributed by atoms with Gasteiger partial charge in [0.1, 0.15) is 11.9 Å². The SMILES string of the molecule is CC(=O)NC[C@H]1CN(c2ccc(N3CC[C@H](n4ccc(C(F)(F)F)n4)C3)c(F)c2)C(=O)O1. The van der Waals surface area contributed by atoms with Crippen molar-refractivity contribution >= 4 is 23.4 Å². The minimum absolute atomic E-state index is 0.163. The number of hydrogen-bond donors (Lipinski definition) is 1. The van der Waals surface area contributed by atoms with Crippen LogP contribution >= 0.6 is 0 Å². The third-order valence-corrected chi connectivity index (χ3v) is 5.47. The molecule has 2 atom stereocenters. The first-order valence-electron chi connectivity index (χ1n) is 10.0. The van der Waals surface area contributed by atoms with E-state index < -0.39 is 29.9 Å². The zero-order chi connectivity index (χ0) is 23.0. The van der Waals surface area contributed by atoms with E-state index in [9.17, 15) is 27.2 Å². The molecule has 2 fully saturated rings. The molecule has 2 aromatic rings. The summed E-state index contributed by atoms with van der Waals surface area (Å²) >= 11 is 0. The van der Waals surface area contributed by atoms with Crippen LogP contribution in [0, 0.1) is 5.82 Å². The maximum absolute atomic E-state index is 14.9. The molecule has 4 rings (SSSR count). The molecule has 2 saturated heterocycles. The molecule has 8 nitrogen and oxygen atoms in total. The lowest BCUT2D eigenvalue weighted by molar-refractivity contribution is -0.141. The third kappa shape index (κ3) is 4.48.